The number of hydrogen-bond acceptors (Lipinski definition) is 2. The number of hydrogen-bond donors (Lipinski definition) is 2. The minimum Gasteiger partial charge on any atom is -0.399 e. The molecule has 0 aliphatic heterocycles. The molecule has 98 valence electrons. The van der Waals surface area contributed by atoms with Crippen molar-refractivity contribution >= 4 is 51.5 Å². The summed E-state index contributed by atoms with van der Waals surface area (Å²) in [5.74, 6) is -0.224. The van der Waals surface area contributed by atoms with Gasteiger partial charge in [0.05, 0.1) is 0 Å². The SMILES string of the molecule is Cc1cc(I)ccc1NC(=O)c1cc(N)cc(Cl)c1. The Morgan fingerprint density at radius 2 is 2.00 bits per heavy atom. The highest BCUT2D eigenvalue weighted by Gasteiger charge is 2.09. The molecule has 0 heterocycles. The number of anilines is 2. The molecule has 3 nitrogen and oxygen atoms in total. The Hall–Kier alpha value is -1.27. The normalized spacial score (nSPS) is 10.3. The number of nitrogens with one attached hydrogen (secondary N) is 1. The van der Waals surface area contributed by atoms with Gasteiger partial charge in [0.25, 0.3) is 5.91 Å². The van der Waals surface area contributed by atoms with E-state index in [9.17, 15) is 4.79 Å². The fourth-order valence-electron chi connectivity index (χ4n) is 1.71. The maximum absolute atomic E-state index is 12.1. The Kier molecular flexibility index (Phi) is 4.31. The third-order valence-corrected chi connectivity index (χ3v) is 3.51. The average Bonchev–Trinajstić information content (AvgIpc) is 2.31. The lowest BCUT2D eigenvalue weighted by molar-refractivity contribution is 0.102. The number of carbonyl (C=O) groups excluding carboxylic acids is 1. The van der Waals surface area contributed by atoms with Gasteiger partial charge >= 0.3 is 0 Å². The molecule has 5 heteroatoms. The molecule has 0 radical (unpaired) electrons. The van der Waals surface area contributed by atoms with E-state index in [1.54, 1.807) is 18.2 Å². The number of nitrogens with two attached hydrogens (primary N) is 1. The first-order chi connectivity index (χ1) is 8.95. The van der Waals surface area contributed by atoms with Crippen LogP contribution >= 0.6 is 34.2 Å². The highest BCUT2D eigenvalue weighted by Crippen LogP contribution is 2.21. The van der Waals surface area contributed by atoms with Crippen molar-refractivity contribution in [1.29, 1.82) is 0 Å². The van der Waals surface area contributed by atoms with Crippen molar-refractivity contribution in [2.45, 2.75) is 6.92 Å². The minimum atomic E-state index is -0.224. The third-order valence-electron chi connectivity index (χ3n) is 2.62. The van der Waals surface area contributed by atoms with E-state index in [0.29, 0.717) is 16.3 Å². The third kappa shape index (κ3) is 3.61. The highest BCUT2D eigenvalue weighted by atomic mass is 127. The topological polar surface area (TPSA) is 55.1 Å². The lowest BCUT2D eigenvalue weighted by Gasteiger charge is -2.09. The van der Waals surface area contributed by atoms with Crippen LogP contribution in [0.4, 0.5) is 11.4 Å². The van der Waals surface area contributed by atoms with Crippen molar-refractivity contribution in [2.24, 2.45) is 0 Å². The van der Waals surface area contributed by atoms with E-state index in [1.807, 2.05) is 25.1 Å². The predicted molar refractivity (Wildman–Crippen MR) is 87.7 cm³/mol. The van der Waals surface area contributed by atoms with Crippen LogP contribution in [-0.4, -0.2) is 5.91 Å². The van der Waals surface area contributed by atoms with Gasteiger partial charge in [-0.15, -0.1) is 0 Å². The molecule has 0 saturated carbocycles. The Morgan fingerprint density at radius 1 is 1.26 bits per heavy atom. The Morgan fingerprint density at radius 3 is 2.63 bits per heavy atom. The van der Waals surface area contributed by atoms with E-state index in [-0.39, 0.29) is 5.91 Å². The van der Waals surface area contributed by atoms with Crippen molar-refractivity contribution in [2.75, 3.05) is 11.1 Å². The van der Waals surface area contributed by atoms with Crippen LogP contribution in [0, 0.1) is 10.5 Å². The molecule has 0 unspecified atom stereocenters. The van der Waals surface area contributed by atoms with E-state index in [0.717, 1.165) is 14.8 Å². The Balaban J connectivity index is 2.25. The number of amides is 1. The van der Waals surface area contributed by atoms with Crippen molar-refractivity contribution in [1.82, 2.24) is 0 Å². The maximum atomic E-state index is 12.1. The predicted octanol–water partition coefficient (Wildman–Crippen LogP) is 4.09. The van der Waals surface area contributed by atoms with E-state index in [1.165, 1.54) is 0 Å². The van der Waals surface area contributed by atoms with Gasteiger partial charge in [0.2, 0.25) is 0 Å². The number of rotatable bonds is 2. The lowest BCUT2D eigenvalue weighted by Crippen LogP contribution is -2.13. The number of benzene rings is 2. The number of halogens is 2. The largest absolute Gasteiger partial charge is 0.399 e. The smallest absolute Gasteiger partial charge is 0.255 e. The molecule has 1 amide bonds. The molecule has 0 bridgehead atoms. The molecule has 0 fully saturated rings. The molecule has 19 heavy (non-hydrogen) atoms. The van der Waals surface area contributed by atoms with Crippen LogP contribution in [0.15, 0.2) is 36.4 Å². The fraction of sp³-hybridized carbons (Fsp3) is 0.0714. The molecule has 0 aliphatic rings. The second kappa shape index (κ2) is 5.79. The summed E-state index contributed by atoms with van der Waals surface area (Å²) in [5.41, 5.74) is 8.38. The van der Waals surface area contributed by atoms with Gasteiger partial charge in [0, 0.05) is 25.5 Å². The molecule has 2 aromatic rings. The summed E-state index contributed by atoms with van der Waals surface area (Å²) in [6.45, 7) is 1.95. The van der Waals surface area contributed by atoms with Crippen LogP contribution in [0.25, 0.3) is 0 Å². The van der Waals surface area contributed by atoms with Crippen molar-refractivity contribution in [3.05, 3.63) is 56.1 Å². The molecule has 2 aromatic carbocycles. The summed E-state index contributed by atoms with van der Waals surface area (Å²) in [5, 5.41) is 3.30. The van der Waals surface area contributed by atoms with Gasteiger partial charge in [-0.3, -0.25) is 4.79 Å². The first kappa shape index (κ1) is 14.1. The van der Waals surface area contributed by atoms with E-state index < -0.39 is 0 Å². The lowest BCUT2D eigenvalue weighted by atomic mass is 10.1. The van der Waals surface area contributed by atoms with Gasteiger partial charge in [-0.25, -0.2) is 0 Å². The van der Waals surface area contributed by atoms with Gasteiger partial charge in [0.15, 0.2) is 0 Å². The van der Waals surface area contributed by atoms with Crippen LogP contribution in [-0.2, 0) is 0 Å². The first-order valence-corrected chi connectivity index (χ1v) is 7.05. The van der Waals surface area contributed by atoms with Gasteiger partial charge in [-0.05, 0) is 71.5 Å². The quantitative estimate of drug-likeness (QED) is 0.603. The molecule has 3 N–H and O–H groups in total. The molecular weight excluding hydrogens is 375 g/mol. The second-order valence-corrected chi connectivity index (χ2v) is 5.87. The zero-order valence-corrected chi connectivity index (χ0v) is 13.1. The molecule has 0 saturated heterocycles. The summed E-state index contributed by atoms with van der Waals surface area (Å²) in [7, 11) is 0. The number of carbonyl (C=O) groups is 1. The van der Waals surface area contributed by atoms with Gasteiger partial charge in [0.1, 0.15) is 0 Å². The average molecular weight is 387 g/mol. The van der Waals surface area contributed by atoms with Crippen molar-refractivity contribution in [3.8, 4) is 0 Å². The highest BCUT2D eigenvalue weighted by molar-refractivity contribution is 14.1. The van der Waals surface area contributed by atoms with Gasteiger partial charge in [-0.2, -0.15) is 0 Å². The Bertz CT molecular complexity index is 623. The zero-order chi connectivity index (χ0) is 14.0. The van der Waals surface area contributed by atoms with Crippen LogP contribution in [0.5, 0.6) is 0 Å². The van der Waals surface area contributed by atoms with Gasteiger partial charge in [-0.1, -0.05) is 11.6 Å². The van der Waals surface area contributed by atoms with Crippen molar-refractivity contribution in [3.63, 3.8) is 0 Å². The Labute approximate surface area is 130 Å². The first-order valence-electron chi connectivity index (χ1n) is 5.59. The monoisotopic (exact) mass is 386 g/mol. The van der Waals surface area contributed by atoms with E-state index in [2.05, 4.69) is 27.9 Å². The van der Waals surface area contributed by atoms with Crippen LogP contribution in [0.1, 0.15) is 15.9 Å². The van der Waals surface area contributed by atoms with Crippen molar-refractivity contribution < 1.29 is 4.79 Å². The zero-order valence-electron chi connectivity index (χ0n) is 10.2. The maximum Gasteiger partial charge on any atom is 0.255 e. The summed E-state index contributed by atoms with van der Waals surface area (Å²) in [4.78, 5) is 12.1. The standard InChI is InChI=1S/C14H12ClIN2O/c1-8-4-11(16)2-3-13(8)18-14(19)9-5-10(15)7-12(17)6-9/h2-7H,17H2,1H3,(H,18,19). The molecule has 0 spiro atoms. The summed E-state index contributed by atoms with van der Waals surface area (Å²) in [6, 6.07) is 10.6. The van der Waals surface area contributed by atoms with Crippen LogP contribution in [0.2, 0.25) is 5.02 Å². The van der Waals surface area contributed by atoms with E-state index >= 15 is 0 Å². The van der Waals surface area contributed by atoms with Crippen LogP contribution in [0.3, 0.4) is 0 Å². The molecule has 2 rings (SSSR count). The second-order valence-electron chi connectivity index (χ2n) is 4.19. The summed E-state index contributed by atoms with van der Waals surface area (Å²) < 4.78 is 1.13. The minimum absolute atomic E-state index is 0.224. The molecular formula is C14H12ClIN2O. The number of aryl methyl sites for hydroxylation is 1. The summed E-state index contributed by atoms with van der Waals surface area (Å²) >= 11 is 8.12. The molecule has 0 aliphatic carbocycles. The summed E-state index contributed by atoms with van der Waals surface area (Å²) in [6.07, 6.45) is 0. The van der Waals surface area contributed by atoms with Gasteiger partial charge < -0.3 is 11.1 Å². The van der Waals surface area contributed by atoms with Crippen LogP contribution < -0.4 is 11.1 Å². The van der Waals surface area contributed by atoms with E-state index in [4.69, 9.17) is 17.3 Å². The number of nitrogen functional groups attached to an aromatic ring is 1. The molecule has 0 aromatic heterocycles. The fourth-order valence-corrected chi connectivity index (χ4v) is 2.60. The molecule has 0 atom stereocenters.